The lowest BCUT2D eigenvalue weighted by atomic mass is 9.99. The van der Waals surface area contributed by atoms with Crippen molar-refractivity contribution >= 4 is 23.4 Å². The third-order valence-corrected chi connectivity index (χ3v) is 3.18. The topological polar surface area (TPSA) is 43.4 Å². The van der Waals surface area contributed by atoms with Gasteiger partial charge in [0.25, 0.3) is 0 Å². The Kier molecular flexibility index (Phi) is 4.70. The number of halogens is 2. The Labute approximate surface area is 126 Å². The van der Waals surface area contributed by atoms with Crippen LogP contribution in [0.1, 0.15) is 28.9 Å². The summed E-state index contributed by atoms with van der Waals surface area (Å²) in [5.74, 6) is -1.51. The SMILES string of the molecule is CC(=O)OC(C(=O)c1ccc(F)cc1)c1ccccc1Cl. The number of ether oxygens (including phenoxy) is 1. The molecular formula is C16H12ClFO3. The summed E-state index contributed by atoms with van der Waals surface area (Å²) in [6, 6.07) is 11.6. The zero-order chi connectivity index (χ0) is 15.4. The molecule has 0 aliphatic rings. The van der Waals surface area contributed by atoms with Crippen LogP contribution in [-0.4, -0.2) is 11.8 Å². The Morgan fingerprint density at radius 3 is 2.29 bits per heavy atom. The molecule has 0 aliphatic heterocycles. The summed E-state index contributed by atoms with van der Waals surface area (Å²) >= 11 is 6.06. The number of rotatable bonds is 4. The first-order valence-electron chi connectivity index (χ1n) is 6.20. The van der Waals surface area contributed by atoms with Gasteiger partial charge in [0.1, 0.15) is 5.82 Å². The van der Waals surface area contributed by atoms with Gasteiger partial charge in [-0.05, 0) is 30.3 Å². The van der Waals surface area contributed by atoms with Gasteiger partial charge in [-0.25, -0.2) is 4.39 Å². The minimum Gasteiger partial charge on any atom is -0.449 e. The monoisotopic (exact) mass is 306 g/mol. The van der Waals surface area contributed by atoms with Crippen molar-refractivity contribution in [3.05, 3.63) is 70.5 Å². The van der Waals surface area contributed by atoms with Crippen molar-refractivity contribution < 1.29 is 18.7 Å². The van der Waals surface area contributed by atoms with Crippen molar-refractivity contribution in [2.75, 3.05) is 0 Å². The lowest BCUT2D eigenvalue weighted by Gasteiger charge is -2.17. The average Bonchev–Trinajstić information content (AvgIpc) is 2.45. The number of benzene rings is 2. The van der Waals surface area contributed by atoms with Crippen LogP contribution in [0, 0.1) is 5.82 Å². The van der Waals surface area contributed by atoms with Gasteiger partial charge in [0.2, 0.25) is 5.78 Å². The Bertz CT molecular complexity index is 667. The molecule has 0 aromatic heterocycles. The highest BCUT2D eigenvalue weighted by atomic mass is 35.5. The highest BCUT2D eigenvalue weighted by Crippen LogP contribution is 2.28. The summed E-state index contributed by atoms with van der Waals surface area (Å²) < 4.78 is 18.0. The first-order chi connectivity index (χ1) is 9.99. The van der Waals surface area contributed by atoms with E-state index in [1.165, 1.54) is 31.2 Å². The first-order valence-corrected chi connectivity index (χ1v) is 6.58. The molecule has 0 spiro atoms. The van der Waals surface area contributed by atoms with Gasteiger partial charge in [-0.1, -0.05) is 29.8 Å². The zero-order valence-corrected chi connectivity index (χ0v) is 11.9. The average molecular weight is 307 g/mol. The highest BCUT2D eigenvalue weighted by molar-refractivity contribution is 6.31. The first kappa shape index (κ1) is 15.2. The smallest absolute Gasteiger partial charge is 0.303 e. The second-order valence-corrected chi connectivity index (χ2v) is 4.79. The van der Waals surface area contributed by atoms with Crippen molar-refractivity contribution in [1.82, 2.24) is 0 Å². The van der Waals surface area contributed by atoms with E-state index < -0.39 is 23.7 Å². The molecule has 0 radical (unpaired) electrons. The van der Waals surface area contributed by atoms with Gasteiger partial charge in [0.05, 0.1) is 0 Å². The Morgan fingerprint density at radius 2 is 1.71 bits per heavy atom. The maximum absolute atomic E-state index is 12.9. The molecule has 0 heterocycles. The van der Waals surface area contributed by atoms with Crippen LogP contribution in [0.25, 0.3) is 0 Å². The van der Waals surface area contributed by atoms with Crippen LogP contribution < -0.4 is 0 Å². The molecule has 2 rings (SSSR count). The number of carbonyl (C=O) groups is 2. The Hall–Kier alpha value is -2.20. The van der Waals surface area contributed by atoms with Crippen LogP contribution in [0.4, 0.5) is 4.39 Å². The summed E-state index contributed by atoms with van der Waals surface area (Å²) in [5, 5.41) is 0.319. The molecular weight excluding hydrogens is 295 g/mol. The van der Waals surface area contributed by atoms with Crippen LogP contribution in [0.2, 0.25) is 5.02 Å². The van der Waals surface area contributed by atoms with Crippen molar-refractivity contribution in [3.63, 3.8) is 0 Å². The number of hydrogen-bond donors (Lipinski definition) is 0. The number of esters is 1. The predicted octanol–water partition coefficient (Wildman–Crippen LogP) is 3.97. The van der Waals surface area contributed by atoms with E-state index in [4.69, 9.17) is 16.3 Å². The quantitative estimate of drug-likeness (QED) is 0.634. The molecule has 0 saturated carbocycles. The minimum absolute atomic E-state index is 0.238. The fourth-order valence-corrected chi connectivity index (χ4v) is 2.11. The van der Waals surface area contributed by atoms with Crippen molar-refractivity contribution in [1.29, 1.82) is 0 Å². The molecule has 0 saturated heterocycles. The van der Waals surface area contributed by atoms with Gasteiger partial charge in [0, 0.05) is 23.1 Å². The normalized spacial score (nSPS) is 11.8. The van der Waals surface area contributed by atoms with Crippen LogP contribution in [-0.2, 0) is 9.53 Å². The summed E-state index contributed by atoms with van der Waals surface area (Å²) in [5.41, 5.74) is 0.631. The second kappa shape index (κ2) is 6.50. The van der Waals surface area contributed by atoms with Gasteiger partial charge in [0.15, 0.2) is 6.10 Å². The Balaban J connectivity index is 2.41. The second-order valence-electron chi connectivity index (χ2n) is 4.38. The van der Waals surface area contributed by atoms with E-state index in [-0.39, 0.29) is 5.56 Å². The van der Waals surface area contributed by atoms with Crippen LogP contribution in [0.15, 0.2) is 48.5 Å². The molecule has 0 amide bonds. The third kappa shape index (κ3) is 3.67. The molecule has 1 atom stereocenters. The fourth-order valence-electron chi connectivity index (χ4n) is 1.88. The number of ketones is 1. The molecule has 108 valence electrons. The van der Waals surface area contributed by atoms with Gasteiger partial charge < -0.3 is 4.74 Å². The van der Waals surface area contributed by atoms with E-state index >= 15 is 0 Å². The van der Waals surface area contributed by atoms with Crippen LogP contribution in [0.5, 0.6) is 0 Å². The van der Waals surface area contributed by atoms with Crippen LogP contribution in [0.3, 0.4) is 0 Å². The van der Waals surface area contributed by atoms with E-state index in [0.717, 1.165) is 0 Å². The van der Waals surface area contributed by atoms with Gasteiger partial charge in [-0.2, -0.15) is 0 Å². The fraction of sp³-hybridized carbons (Fsp3) is 0.125. The minimum atomic E-state index is -1.15. The molecule has 5 heteroatoms. The summed E-state index contributed by atoms with van der Waals surface area (Å²) in [6.07, 6.45) is -1.15. The number of hydrogen-bond acceptors (Lipinski definition) is 3. The molecule has 3 nitrogen and oxygen atoms in total. The summed E-state index contributed by atoms with van der Waals surface area (Å²) in [7, 11) is 0. The van der Waals surface area contributed by atoms with Gasteiger partial charge in [-0.3, -0.25) is 9.59 Å². The van der Waals surface area contributed by atoms with E-state index in [2.05, 4.69) is 0 Å². The van der Waals surface area contributed by atoms with Crippen molar-refractivity contribution in [2.45, 2.75) is 13.0 Å². The number of Topliss-reactive ketones (excluding diaryl/α,β-unsaturated/α-hetero) is 1. The van der Waals surface area contributed by atoms with Gasteiger partial charge >= 0.3 is 5.97 Å². The molecule has 2 aromatic carbocycles. The van der Waals surface area contributed by atoms with Crippen molar-refractivity contribution in [2.24, 2.45) is 0 Å². The third-order valence-electron chi connectivity index (χ3n) is 2.84. The largest absolute Gasteiger partial charge is 0.449 e. The van der Waals surface area contributed by atoms with E-state index in [9.17, 15) is 14.0 Å². The maximum Gasteiger partial charge on any atom is 0.303 e. The predicted molar refractivity (Wildman–Crippen MR) is 76.7 cm³/mol. The van der Waals surface area contributed by atoms with Crippen LogP contribution >= 0.6 is 11.6 Å². The summed E-state index contributed by atoms with van der Waals surface area (Å²) in [4.78, 5) is 23.7. The highest BCUT2D eigenvalue weighted by Gasteiger charge is 2.26. The molecule has 2 aromatic rings. The van der Waals surface area contributed by atoms with E-state index in [1.54, 1.807) is 24.3 Å². The molecule has 21 heavy (non-hydrogen) atoms. The molecule has 1 unspecified atom stereocenters. The van der Waals surface area contributed by atoms with E-state index in [0.29, 0.717) is 10.6 Å². The molecule has 0 N–H and O–H groups in total. The van der Waals surface area contributed by atoms with Crippen molar-refractivity contribution in [3.8, 4) is 0 Å². The van der Waals surface area contributed by atoms with E-state index in [1.807, 2.05) is 0 Å². The standard InChI is InChI=1S/C16H12ClFO3/c1-10(19)21-16(13-4-2-3-5-14(13)17)15(20)11-6-8-12(18)9-7-11/h2-9,16H,1H3. The molecule has 0 fully saturated rings. The lowest BCUT2D eigenvalue weighted by molar-refractivity contribution is -0.144. The summed E-state index contributed by atoms with van der Waals surface area (Å²) in [6.45, 7) is 1.21. The zero-order valence-electron chi connectivity index (χ0n) is 11.2. The molecule has 0 aliphatic carbocycles. The van der Waals surface area contributed by atoms with Gasteiger partial charge in [-0.15, -0.1) is 0 Å². The molecule has 0 bridgehead atoms. The lowest BCUT2D eigenvalue weighted by Crippen LogP contribution is -2.19. The maximum atomic E-state index is 12.9. The number of carbonyl (C=O) groups excluding carboxylic acids is 2. The Morgan fingerprint density at radius 1 is 1.10 bits per heavy atom.